The van der Waals surface area contributed by atoms with E-state index in [0.717, 1.165) is 50.1 Å². The summed E-state index contributed by atoms with van der Waals surface area (Å²) in [6.45, 7) is 8.07. The normalized spacial score (nSPS) is 17.0. The predicted molar refractivity (Wildman–Crippen MR) is 130 cm³/mol. The first-order valence-corrected chi connectivity index (χ1v) is 11.8. The molecule has 1 aliphatic carbocycles. The molecule has 1 saturated heterocycles. The first kappa shape index (κ1) is 22.4. The monoisotopic (exact) mass is 461 g/mol. The molecule has 0 spiro atoms. The van der Waals surface area contributed by atoms with E-state index in [0.29, 0.717) is 34.4 Å². The van der Waals surface area contributed by atoms with Crippen LogP contribution in [0.25, 0.3) is 11.4 Å². The van der Waals surface area contributed by atoms with E-state index in [1.807, 2.05) is 33.2 Å². The van der Waals surface area contributed by atoms with E-state index in [1.165, 1.54) is 6.33 Å². The van der Waals surface area contributed by atoms with Crippen molar-refractivity contribution in [1.29, 1.82) is 5.41 Å². The Hall–Kier alpha value is -3.40. The molecule has 4 heterocycles. The number of nitrogens with zero attached hydrogens (tertiary/aromatic N) is 5. The summed E-state index contributed by atoms with van der Waals surface area (Å²) in [5.74, 6) is 2.67. The molecule has 2 aliphatic rings. The maximum Gasteiger partial charge on any atom is 0.165 e. The summed E-state index contributed by atoms with van der Waals surface area (Å²) in [6.07, 6.45) is 9.41. The van der Waals surface area contributed by atoms with Gasteiger partial charge < -0.3 is 20.9 Å². The Balaban J connectivity index is 1.54. The second-order valence-electron chi connectivity index (χ2n) is 10.1. The standard InChI is InChI=1S/C24H31N9O/c1-24(2,3)32-23-16(21(26)30-12-31-23)18(25)19-17(20(34-33-19)14-4-5-14)22-28-10-15(11-29-22)13-6-8-27-9-7-13/h10-14,25,27H,4-9H2,1-3H3,(H3,26,30,31,32). The van der Waals surface area contributed by atoms with Crippen LogP contribution in [0.2, 0.25) is 0 Å². The molecule has 178 valence electrons. The van der Waals surface area contributed by atoms with Crippen LogP contribution in [0.3, 0.4) is 0 Å². The Morgan fingerprint density at radius 1 is 1.06 bits per heavy atom. The van der Waals surface area contributed by atoms with E-state index < -0.39 is 0 Å². The van der Waals surface area contributed by atoms with Gasteiger partial charge in [-0.1, -0.05) is 5.16 Å². The van der Waals surface area contributed by atoms with E-state index in [1.54, 1.807) is 0 Å². The van der Waals surface area contributed by atoms with Crippen LogP contribution < -0.4 is 16.4 Å². The Morgan fingerprint density at radius 3 is 2.41 bits per heavy atom. The van der Waals surface area contributed by atoms with Gasteiger partial charge in [-0.05, 0) is 71.0 Å². The molecule has 2 fully saturated rings. The van der Waals surface area contributed by atoms with Gasteiger partial charge in [0.1, 0.15) is 23.7 Å². The summed E-state index contributed by atoms with van der Waals surface area (Å²) < 4.78 is 5.76. The smallest absolute Gasteiger partial charge is 0.165 e. The zero-order valence-corrected chi connectivity index (χ0v) is 19.9. The number of hydrogen-bond acceptors (Lipinski definition) is 10. The molecular weight excluding hydrogens is 430 g/mol. The predicted octanol–water partition coefficient (Wildman–Crippen LogP) is 3.47. The number of hydrogen-bond donors (Lipinski definition) is 4. The number of piperidine rings is 1. The first-order valence-electron chi connectivity index (χ1n) is 11.8. The highest BCUT2D eigenvalue weighted by atomic mass is 16.5. The molecule has 1 aliphatic heterocycles. The number of aromatic nitrogens is 5. The van der Waals surface area contributed by atoms with Gasteiger partial charge in [0.2, 0.25) is 0 Å². The molecule has 3 aromatic rings. The van der Waals surface area contributed by atoms with Gasteiger partial charge in [-0.25, -0.2) is 19.9 Å². The zero-order chi connectivity index (χ0) is 23.9. The molecule has 0 aromatic carbocycles. The van der Waals surface area contributed by atoms with E-state index in [4.69, 9.17) is 25.6 Å². The first-order chi connectivity index (χ1) is 16.3. The topological polar surface area (TPSA) is 152 Å². The molecule has 34 heavy (non-hydrogen) atoms. The van der Waals surface area contributed by atoms with Crippen molar-refractivity contribution in [2.24, 2.45) is 0 Å². The van der Waals surface area contributed by atoms with Crippen LogP contribution in [0.5, 0.6) is 0 Å². The highest BCUT2D eigenvalue weighted by Gasteiger charge is 2.36. The second kappa shape index (κ2) is 8.75. The Kier molecular flexibility index (Phi) is 5.76. The van der Waals surface area contributed by atoms with Crippen LogP contribution in [-0.4, -0.2) is 49.4 Å². The van der Waals surface area contributed by atoms with Gasteiger partial charge in [0.25, 0.3) is 0 Å². The third-order valence-corrected chi connectivity index (χ3v) is 6.23. The van der Waals surface area contributed by atoms with Crippen LogP contribution in [0.4, 0.5) is 11.6 Å². The molecule has 5 rings (SSSR count). The van der Waals surface area contributed by atoms with Gasteiger partial charge >= 0.3 is 0 Å². The average molecular weight is 462 g/mol. The van der Waals surface area contributed by atoms with Crippen molar-refractivity contribution in [3.8, 4) is 11.4 Å². The SMILES string of the molecule is CC(C)(C)Nc1ncnc(N)c1C(=N)c1noc(C2CC2)c1-c1ncc(C2CCNCC2)cn1. The van der Waals surface area contributed by atoms with Crippen LogP contribution in [-0.2, 0) is 0 Å². The lowest BCUT2D eigenvalue weighted by Crippen LogP contribution is -2.28. The van der Waals surface area contributed by atoms with Gasteiger partial charge in [0.05, 0.1) is 16.8 Å². The van der Waals surface area contributed by atoms with E-state index in [2.05, 4.69) is 25.8 Å². The molecule has 0 amide bonds. The minimum absolute atomic E-state index is 0.0848. The van der Waals surface area contributed by atoms with E-state index in [9.17, 15) is 0 Å². The fourth-order valence-corrected chi connectivity index (χ4v) is 4.36. The summed E-state index contributed by atoms with van der Waals surface area (Å²) in [4.78, 5) is 17.9. The van der Waals surface area contributed by atoms with Gasteiger partial charge in [0, 0.05) is 23.9 Å². The summed E-state index contributed by atoms with van der Waals surface area (Å²) in [5.41, 5.74) is 8.57. The number of nitrogens with one attached hydrogen (secondary N) is 3. The van der Waals surface area contributed by atoms with Crippen molar-refractivity contribution in [2.75, 3.05) is 24.1 Å². The molecule has 0 bridgehead atoms. The Morgan fingerprint density at radius 2 is 1.76 bits per heavy atom. The summed E-state index contributed by atoms with van der Waals surface area (Å²) in [6, 6.07) is 0. The number of nitrogen functional groups attached to an aromatic ring is 1. The van der Waals surface area contributed by atoms with Crippen molar-refractivity contribution in [3.05, 3.63) is 41.3 Å². The van der Waals surface area contributed by atoms with E-state index in [-0.39, 0.29) is 23.0 Å². The van der Waals surface area contributed by atoms with Gasteiger partial charge in [-0.3, -0.25) is 5.41 Å². The molecule has 3 aromatic heterocycles. The van der Waals surface area contributed by atoms with Crippen molar-refractivity contribution in [3.63, 3.8) is 0 Å². The fraction of sp³-hybridized carbons (Fsp3) is 0.500. The quantitative estimate of drug-likeness (QED) is 0.404. The maximum absolute atomic E-state index is 9.04. The van der Waals surface area contributed by atoms with Crippen molar-refractivity contribution < 1.29 is 4.52 Å². The fourth-order valence-electron chi connectivity index (χ4n) is 4.36. The summed E-state index contributed by atoms with van der Waals surface area (Å²) in [5, 5.41) is 20.0. The molecule has 1 saturated carbocycles. The largest absolute Gasteiger partial charge is 0.383 e. The highest BCUT2D eigenvalue weighted by Crippen LogP contribution is 2.45. The highest BCUT2D eigenvalue weighted by molar-refractivity contribution is 6.17. The number of anilines is 2. The summed E-state index contributed by atoms with van der Waals surface area (Å²) in [7, 11) is 0. The number of rotatable bonds is 6. The molecular formula is C24H31N9O. The van der Waals surface area contributed by atoms with Crippen LogP contribution in [0.1, 0.15) is 80.9 Å². The average Bonchev–Trinajstić information content (AvgIpc) is 3.56. The lowest BCUT2D eigenvalue weighted by Gasteiger charge is -2.23. The van der Waals surface area contributed by atoms with Crippen LogP contribution in [0, 0.1) is 5.41 Å². The molecule has 10 nitrogen and oxygen atoms in total. The number of nitrogens with two attached hydrogens (primary N) is 1. The Bertz CT molecular complexity index is 1190. The van der Waals surface area contributed by atoms with Gasteiger partial charge in [0.15, 0.2) is 11.6 Å². The van der Waals surface area contributed by atoms with Crippen molar-refractivity contribution in [1.82, 2.24) is 30.4 Å². The molecule has 0 atom stereocenters. The molecule has 0 radical (unpaired) electrons. The molecule has 10 heteroatoms. The van der Waals surface area contributed by atoms with Gasteiger partial charge in [-0.15, -0.1) is 0 Å². The minimum atomic E-state index is -0.283. The Labute approximate surface area is 198 Å². The lowest BCUT2D eigenvalue weighted by atomic mass is 9.92. The minimum Gasteiger partial charge on any atom is -0.383 e. The summed E-state index contributed by atoms with van der Waals surface area (Å²) >= 11 is 0. The maximum atomic E-state index is 9.04. The third-order valence-electron chi connectivity index (χ3n) is 6.23. The lowest BCUT2D eigenvalue weighted by molar-refractivity contribution is 0.384. The third kappa shape index (κ3) is 4.50. The van der Waals surface area contributed by atoms with Crippen LogP contribution in [0.15, 0.2) is 23.2 Å². The molecule has 0 unspecified atom stereocenters. The van der Waals surface area contributed by atoms with Crippen molar-refractivity contribution >= 4 is 17.3 Å². The zero-order valence-electron chi connectivity index (χ0n) is 19.9. The molecule has 5 N–H and O–H groups in total. The second-order valence-corrected chi connectivity index (χ2v) is 10.1. The van der Waals surface area contributed by atoms with Crippen LogP contribution >= 0.6 is 0 Å². The van der Waals surface area contributed by atoms with Gasteiger partial charge in [-0.2, -0.15) is 0 Å². The van der Waals surface area contributed by atoms with E-state index >= 15 is 0 Å². The van der Waals surface area contributed by atoms with Crippen molar-refractivity contribution in [2.45, 2.75) is 63.8 Å².